The van der Waals surface area contributed by atoms with Gasteiger partial charge >= 0.3 is 0 Å². The van der Waals surface area contributed by atoms with Gasteiger partial charge in [-0.25, -0.2) is 0 Å². The van der Waals surface area contributed by atoms with Gasteiger partial charge in [-0.2, -0.15) is 5.26 Å². The summed E-state index contributed by atoms with van der Waals surface area (Å²) in [5.41, 5.74) is 0. The van der Waals surface area contributed by atoms with Crippen molar-refractivity contribution in [1.82, 2.24) is 4.90 Å². The Morgan fingerprint density at radius 1 is 1.31 bits per heavy atom. The van der Waals surface area contributed by atoms with Crippen LogP contribution in [-0.2, 0) is 4.74 Å². The van der Waals surface area contributed by atoms with Crippen molar-refractivity contribution < 1.29 is 4.74 Å². The summed E-state index contributed by atoms with van der Waals surface area (Å²) >= 11 is 0. The van der Waals surface area contributed by atoms with Crippen LogP contribution < -0.4 is 0 Å². The Kier molecular flexibility index (Phi) is 4.20. The second kappa shape index (κ2) is 5.65. The summed E-state index contributed by atoms with van der Waals surface area (Å²) in [4.78, 5) is 2.55. The summed E-state index contributed by atoms with van der Waals surface area (Å²) in [6.07, 6.45) is 6.11. The van der Waals surface area contributed by atoms with Gasteiger partial charge in [0.1, 0.15) is 0 Å². The van der Waals surface area contributed by atoms with Crippen molar-refractivity contribution in [1.29, 1.82) is 5.26 Å². The fourth-order valence-corrected chi connectivity index (χ4v) is 3.30. The highest BCUT2D eigenvalue weighted by atomic mass is 16.5. The van der Waals surface area contributed by atoms with Gasteiger partial charge in [-0.15, -0.1) is 0 Å². The first-order chi connectivity index (χ1) is 7.85. The molecule has 0 radical (unpaired) electrons. The Balaban J connectivity index is 1.91. The van der Waals surface area contributed by atoms with E-state index in [-0.39, 0.29) is 5.92 Å². The smallest absolute Gasteiger partial charge is 0.0672 e. The predicted octanol–water partition coefficient (Wildman–Crippen LogP) is 2.04. The second-order valence-corrected chi connectivity index (χ2v) is 5.19. The van der Waals surface area contributed by atoms with E-state index in [0.29, 0.717) is 12.0 Å². The lowest BCUT2D eigenvalue weighted by Gasteiger charge is -2.37. The molecule has 2 rings (SSSR count). The second-order valence-electron chi connectivity index (χ2n) is 5.19. The van der Waals surface area contributed by atoms with E-state index in [1.54, 1.807) is 7.11 Å². The van der Waals surface area contributed by atoms with Crippen LogP contribution in [0.2, 0.25) is 0 Å². The SMILES string of the molecule is COCC1CCCN(C2CCCC2C#N)C1. The highest BCUT2D eigenvalue weighted by Gasteiger charge is 2.34. The molecule has 2 aliphatic rings. The average Bonchev–Trinajstić information content (AvgIpc) is 2.78. The first-order valence-electron chi connectivity index (χ1n) is 6.47. The van der Waals surface area contributed by atoms with E-state index in [9.17, 15) is 0 Å². The average molecular weight is 222 g/mol. The number of piperidine rings is 1. The standard InChI is InChI=1S/C13H22N2O/c1-16-10-11-4-3-7-15(9-11)13-6-2-5-12(13)8-14/h11-13H,2-7,9-10H2,1H3. The third-order valence-electron chi connectivity index (χ3n) is 4.07. The fraction of sp³-hybridized carbons (Fsp3) is 0.923. The normalized spacial score (nSPS) is 36.1. The maximum Gasteiger partial charge on any atom is 0.0672 e. The van der Waals surface area contributed by atoms with Crippen molar-refractivity contribution in [2.75, 3.05) is 26.8 Å². The third-order valence-corrected chi connectivity index (χ3v) is 4.07. The number of methoxy groups -OCH3 is 1. The summed E-state index contributed by atoms with van der Waals surface area (Å²) in [5, 5.41) is 9.13. The van der Waals surface area contributed by atoms with E-state index in [1.165, 1.54) is 32.2 Å². The van der Waals surface area contributed by atoms with E-state index in [2.05, 4.69) is 11.0 Å². The van der Waals surface area contributed by atoms with Crippen LogP contribution in [0, 0.1) is 23.2 Å². The molecular weight excluding hydrogens is 200 g/mol. The van der Waals surface area contributed by atoms with Crippen LogP contribution >= 0.6 is 0 Å². The summed E-state index contributed by atoms with van der Waals surface area (Å²) in [6.45, 7) is 3.19. The molecule has 3 atom stereocenters. The lowest BCUT2D eigenvalue weighted by molar-refractivity contribution is 0.0630. The lowest BCUT2D eigenvalue weighted by Crippen LogP contribution is -2.45. The molecule has 0 aromatic carbocycles. The van der Waals surface area contributed by atoms with Gasteiger partial charge in [0.15, 0.2) is 0 Å². The van der Waals surface area contributed by atoms with Gasteiger partial charge in [0.2, 0.25) is 0 Å². The van der Waals surface area contributed by atoms with E-state index in [1.807, 2.05) is 0 Å². The number of nitrogens with zero attached hydrogens (tertiary/aromatic N) is 2. The van der Waals surface area contributed by atoms with Gasteiger partial charge in [0.25, 0.3) is 0 Å². The van der Waals surface area contributed by atoms with Crippen molar-refractivity contribution in [2.24, 2.45) is 11.8 Å². The Morgan fingerprint density at radius 3 is 2.94 bits per heavy atom. The summed E-state index contributed by atoms with van der Waals surface area (Å²) in [7, 11) is 1.78. The molecule has 0 aromatic rings. The minimum absolute atomic E-state index is 0.279. The van der Waals surface area contributed by atoms with Gasteiger partial charge in [-0.05, 0) is 38.1 Å². The maximum atomic E-state index is 9.13. The first-order valence-corrected chi connectivity index (χ1v) is 6.47. The highest BCUT2D eigenvalue weighted by Crippen LogP contribution is 2.32. The number of rotatable bonds is 3. The van der Waals surface area contributed by atoms with Crippen molar-refractivity contribution in [3.8, 4) is 6.07 Å². The van der Waals surface area contributed by atoms with Gasteiger partial charge in [-0.1, -0.05) is 6.42 Å². The van der Waals surface area contributed by atoms with Crippen LogP contribution in [-0.4, -0.2) is 37.7 Å². The predicted molar refractivity (Wildman–Crippen MR) is 62.9 cm³/mol. The molecule has 0 N–H and O–H groups in total. The summed E-state index contributed by atoms with van der Waals surface area (Å²) in [6, 6.07) is 3.02. The van der Waals surface area contributed by atoms with Crippen LogP contribution in [0.3, 0.4) is 0 Å². The number of hydrogen-bond acceptors (Lipinski definition) is 3. The molecule has 2 fully saturated rings. The molecule has 1 aliphatic heterocycles. The Hall–Kier alpha value is -0.590. The monoisotopic (exact) mass is 222 g/mol. The zero-order chi connectivity index (χ0) is 11.4. The fourth-order valence-electron chi connectivity index (χ4n) is 3.30. The largest absolute Gasteiger partial charge is 0.384 e. The zero-order valence-electron chi connectivity index (χ0n) is 10.2. The Labute approximate surface area is 98.4 Å². The van der Waals surface area contributed by atoms with Crippen molar-refractivity contribution in [3.63, 3.8) is 0 Å². The van der Waals surface area contributed by atoms with Crippen molar-refractivity contribution in [2.45, 2.75) is 38.1 Å². The van der Waals surface area contributed by atoms with Crippen LogP contribution in [0.15, 0.2) is 0 Å². The molecule has 0 spiro atoms. The molecular formula is C13H22N2O. The minimum atomic E-state index is 0.279. The van der Waals surface area contributed by atoms with E-state index < -0.39 is 0 Å². The van der Waals surface area contributed by atoms with Crippen LogP contribution in [0.1, 0.15) is 32.1 Å². The molecule has 1 heterocycles. The van der Waals surface area contributed by atoms with Crippen LogP contribution in [0.4, 0.5) is 0 Å². The minimum Gasteiger partial charge on any atom is -0.384 e. The Bertz CT molecular complexity index is 259. The molecule has 1 aliphatic carbocycles. The van der Waals surface area contributed by atoms with Gasteiger partial charge in [0.05, 0.1) is 18.6 Å². The molecule has 0 amide bonds. The van der Waals surface area contributed by atoms with Gasteiger partial charge in [0, 0.05) is 19.7 Å². The topological polar surface area (TPSA) is 36.3 Å². The quantitative estimate of drug-likeness (QED) is 0.733. The molecule has 0 bridgehead atoms. The summed E-state index contributed by atoms with van der Waals surface area (Å²) in [5.74, 6) is 0.958. The number of ether oxygens (including phenoxy) is 1. The van der Waals surface area contributed by atoms with E-state index in [0.717, 1.165) is 19.6 Å². The number of hydrogen-bond donors (Lipinski definition) is 0. The lowest BCUT2D eigenvalue weighted by atomic mass is 9.95. The molecule has 3 unspecified atom stereocenters. The van der Waals surface area contributed by atoms with Crippen molar-refractivity contribution in [3.05, 3.63) is 0 Å². The molecule has 1 saturated carbocycles. The summed E-state index contributed by atoms with van der Waals surface area (Å²) < 4.78 is 5.25. The van der Waals surface area contributed by atoms with Gasteiger partial charge < -0.3 is 4.74 Å². The van der Waals surface area contributed by atoms with Crippen LogP contribution in [0.25, 0.3) is 0 Å². The molecule has 3 heteroatoms. The Morgan fingerprint density at radius 2 is 2.19 bits per heavy atom. The highest BCUT2D eigenvalue weighted by molar-refractivity contribution is 4.98. The molecule has 0 aromatic heterocycles. The third kappa shape index (κ3) is 2.56. The molecule has 3 nitrogen and oxygen atoms in total. The molecule has 16 heavy (non-hydrogen) atoms. The van der Waals surface area contributed by atoms with E-state index >= 15 is 0 Å². The maximum absolute atomic E-state index is 9.13. The number of likely N-dealkylation sites (tertiary alicyclic amines) is 1. The molecule has 1 saturated heterocycles. The zero-order valence-corrected chi connectivity index (χ0v) is 10.2. The number of nitriles is 1. The first kappa shape index (κ1) is 11.9. The van der Waals surface area contributed by atoms with E-state index in [4.69, 9.17) is 10.00 Å². The van der Waals surface area contributed by atoms with Crippen LogP contribution in [0.5, 0.6) is 0 Å². The van der Waals surface area contributed by atoms with Crippen molar-refractivity contribution >= 4 is 0 Å². The van der Waals surface area contributed by atoms with Gasteiger partial charge in [-0.3, -0.25) is 4.90 Å². The molecule has 90 valence electrons.